The van der Waals surface area contributed by atoms with Gasteiger partial charge in [0.25, 0.3) is 5.69 Å². The molecule has 9 heteroatoms. The molecule has 24 heavy (non-hydrogen) atoms. The lowest BCUT2D eigenvalue weighted by Crippen LogP contribution is -2.16. The van der Waals surface area contributed by atoms with Crippen molar-refractivity contribution < 1.29 is 22.9 Å². The number of halogens is 4. The van der Waals surface area contributed by atoms with E-state index in [1.807, 2.05) is 0 Å². The third-order valence-corrected chi connectivity index (χ3v) is 3.42. The number of nitro benzene ring substituents is 1. The average Bonchev–Trinajstić information content (AvgIpc) is 2.48. The van der Waals surface area contributed by atoms with Crippen LogP contribution in [0.2, 0.25) is 5.02 Å². The Morgan fingerprint density at radius 3 is 2.50 bits per heavy atom. The van der Waals surface area contributed by atoms with Gasteiger partial charge in [0.1, 0.15) is 0 Å². The highest BCUT2D eigenvalue weighted by Gasteiger charge is 2.33. The van der Waals surface area contributed by atoms with Gasteiger partial charge in [0, 0.05) is 17.3 Å². The molecule has 0 radical (unpaired) electrons. The first kappa shape index (κ1) is 17.7. The molecule has 0 aliphatic rings. The molecule has 2 aromatic rings. The van der Waals surface area contributed by atoms with Crippen LogP contribution in [0.4, 0.5) is 24.5 Å². The molecule has 126 valence electrons. The molecule has 2 rings (SSSR count). The summed E-state index contributed by atoms with van der Waals surface area (Å²) in [6.07, 6.45) is -5.00. The molecule has 0 aliphatic carbocycles. The summed E-state index contributed by atoms with van der Waals surface area (Å²) in [6.45, 7) is 0. The van der Waals surface area contributed by atoms with Gasteiger partial charge in [-0.3, -0.25) is 14.9 Å². The summed E-state index contributed by atoms with van der Waals surface area (Å²) in [7, 11) is 0. The van der Waals surface area contributed by atoms with Crippen molar-refractivity contribution in [2.75, 3.05) is 5.32 Å². The van der Waals surface area contributed by atoms with E-state index < -0.39 is 27.6 Å². The molecule has 0 atom stereocenters. The van der Waals surface area contributed by atoms with E-state index in [1.165, 1.54) is 30.3 Å². The van der Waals surface area contributed by atoms with E-state index in [2.05, 4.69) is 5.32 Å². The monoisotopic (exact) mass is 358 g/mol. The Morgan fingerprint density at radius 2 is 1.88 bits per heavy atom. The van der Waals surface area contributed by atoms with E-state index in [1.54, 1.807) is 0 Å². The Labute approximate surface area is 139 Å². The molecule has 0 saturated carbocycles. The second-order valence-electron chi connectivity index (χ2n) is 4.80. The predicted octanol–water partition coefficient (Wildman–Crippen LogP) is 4.45. The number of carbonyl (C=O) groups excluding carboxylic acids is 1. The third kappa shape index (κ3) is 4.23. The Bertz CT molecular complexity index is 794. The number of nitrogens with zero attached hydrogens (tertiary/aromatic N) is 1. The minimum absolute atomic E-state index is 0.102. The van der Waals surface area contributed by atoms with Gasteiger partial charge in [-0.2, -0.15) is 13.2 Å². The van der Waals surface area contributed by atoms with Crippen LogP contribution in [0.25, 0.3) is 0 Å². The van der Waals surface area contributed by atoms with Crippen LogP contribution in [0.5, 0.6) is 0 Å². The van der Waals surface area contributed by atoms with Crippen LogP contribution in [0.1, 0.15) is 11.1 Å². The normalized spacial score (nSPS) is 11.2. The summed E-state index contributed by atoms with van der Waals surface area (Å²) in [6, 6.07) is 8.57. The molecule has 0 aromatic heterocycles. The van der Waals surface area contributed by atoms with Gasteiger partial charge in [-0.25, -0.2) is 0 Å². The van der Waals surface area contributed by atoms with E-state index in [0.29, 0.717) is 6.07 Å². The Kier molecular flexibility index (Phi) is 5.08. The van der Waals surface area contributed by atoms with Gasteiger partial charge in [-0.15, -0.1) is 0 Å². The summed E-state index contributed by atoms with van der Waals surface area (Å²) in [5.74, 6) is -0.681. The standard InChI is InChI=1S/C15H10ClF3N2O3/c16-12-6-5-10(8-11(12)15(17,18)19)20-14(22)7-9-3-1-2-4-13(9)21(23)24/h1-6,8H,7H2,(H,20,22). The zero-order valence-electron chi connectivity index (χ0n) is 11.9. The molecule has 0 bridgehead atoms. The molecular formula is C15H10ClF3N2O3. The molecule has 2 aromatic carbocycles. The zero-order chi connectivity index (χ0) is 17.9. The Balaban J connectivity index is 2.18. The maximum atomic E-state index is 12.8. The van der Waals surface area contributed by atoms with Crippen molar-refractivity contribution in [1.29, 1.82) is 0 Å². The van der Waals surface area contributed by atoms with Crippen LogP contribution < -0.4 is 5.32 Å². The Morgan fingerprint density at radius 1 is 1.21 bits per heavy atom. The highest BCUT2D eigenvalue weighted by Crippen LogP contribution is 2.36. The number of rotatable bonds is 4. The number of hydrogen-bond acceptors (Lipinski definition) is 3. The fourth-order valence-electron chi connectivity index (χ4n) is 2.04. The van der Waals surface area contributed by atoms with Crippen LogP contribution >= 0.6 is 11.6 Å². The minimum Gasteiger partial charge on any atom is -0.326 e. The predicted molar refractivity (Wildman–Crippen MR) is 81.9 cm³/mol. The van der Waals surface area contributed by atoms with Gasteiger partial charge in [-0.05, 0) is 18.2 Å². The first-order valence-electron chi connectivity index (χ1n) is 6.57. The fourth-order valence-corrected chi connectivity index (χ4v) is 2.26. The van der Waals surface area contributed by atoms with E-state index >= 15 is 0 Å². The minimum atomic E-state index is -4.66. The number of carbonyl (C=O) groups is 1. The second-order valence-corrected chi connectivity index (χ2v) is 5.21. The van der Waals surface area contributed by atoms with E-state index in [9.17, 15) is 28.1 Å². The molecule has 1 N–H and O–H groups in total. The van der Waals surface area contributed by atoms with Crippen LogP contribution in [0, 0.1) is 10.1 Å². The van der Waals surface area contributed by atoms with Crippen molar-refractivity contribution in [3.63, 3.8) is 0 Å². The largest absolute Gasteiger partial charge is 0.417 e. The van der Waals surface area contributed by atoms with Gasteiger partial charge >= 0.3 is 6.18 Å². The molecule has 5 nitrogen and oxygen atoms in total. The summed E-state index contributed by atoms with van der Waals surface area (Å²) in [4.78, 5) is 22.2. The molecule has 0 unspecified atom stereocenters. The van der Waals surface area contributed by atoms with Gasteiger partial charge < -0.3 is 5.32 Å². The van der Waals surface area contributed by atoms with E-state index in [0.717, 1.165) is 6.07 Å². The highest BCUT2D eigenvalue weighted by atomic mass is 35.5. The molecule has 0 fully saturated rings. The molecule has 0 aliphatic heterocycles. The lowest BCUT2D eigenvalue weighted by Gasteiger charge is -2.12. The molecule has 0 spiro atoms. The molecule has 1 amide bonds. The van der Waals surface area contributed by atoms with Crippen molar-refractivity contribution in [3.05, 3.63) is 68.7 Å². The lowest BCUT2D eigenvalue weighted by molar-refractivity contribution is -0.385. The summed E-state index contributed by atoms with van der Waals surface area (Å²) < 4.78 is 38.3. The number of alkyl halides is 3. The zero-order valence-corrected chi connectivity index (χ0v) is 12.7. The molecule has 0 saturated heterocycles. The van der Waals surface area contributed by atoms with E-state index in [4.69, 9.17) is 11.6 Å². The maximum Gasteiger partial charge on any atom is 0.417 e. The SMILES string of the molecule is O=C(Cc1ccccc1[N+](=O)[O-])Nc1ccc(Cl)c(C(F)(F)F)c1. The summed E-state index contributed by atoms with van der Waals surface area (Å²) >= 11 is 5.50. The van der Waals surface area contributed by atoms with Gasteiger partial charge in [0.15, 0.2) is 0 Å². The lowest BCUT2D eigenvalue weighted by atomic mass is 10.1. The number of nitro groups is 1. The number of benzene rings is 2. The van der Waals surface area contributed by atoms with Crippen LogP contribution in [-0.4, -0.2) is 10.8 Å². The number of hydrogen-bond donors (Lipinski definition) is 1. The van der Waals surface area contributed by atoms with Crippen molar-refractivity contribution in [2.24, 2.45) is 0 Å². The number of para-hydroxylation sites is 1. The molecular weight excluding hydrogens is 349 g/mol. The number of amides is 1. The highest BCUT2D eigenvalue weighted by molar-refractivity contribution is 6.31. The first-order valence-corrected chi connectivity index (χ1v) is 6.95. The van der Waals surface area contributed by atoms with Crippen molar-refractivity contribution >= 4 is 28.9 Å². The van der Waals surface area contributed by atoms with Gasteiger partial charge in [0.2, 0.25) is 5.91 Å². The van der Waals surface area contributed by atoms with Crippen LogP contribution in [-0.2, 0) is 17.4 Å². The fraction of sp³-hybridized carbons (Fsp3) is 0.133. The van der Waals surface area contributed by atoms with E-state index in [-0.39, 0.29) is 23.4 Å². The van der Waals surface area contributed by atoms with Crippen molar-refractivity contribution in [2.45, 2.75) is 12.6 Å². The smallest absolute Gasteiger partial charge is 0.326 e. The van der Waals surface area contributed by atoms with Crippen LogP contribution in [0.15, 0.2) is 42.5 Å². The maximum absolute atomic E-state index is 12.8. The first-order chi connectivity index (χ1) is 11.2. The van der Waals surface area contributed by atoms with Crippen molar-refractivity contribution in [1.82, 2.24) is 0 Å². The second kappa shape index (κ2) is 6.88. The number of nitrogens with one attached hydrogen (secondary N) is 1. The topological polar surface area (TPSA) is 72.2 Å². The number of anilines is 1. The average molecular weight is 359 g/mol. The van der Waals surface area contributed by atoms with Gasteiger partial charge in [0.05, 0.1) is 21.9 Å². The quantitative estimate of drug-likeness (QED) is 0.648. The summed E-state index contributed by atoms with van der Waals surface area (Å²) in [5, 5.41) is 12.7. The summed E-state index contributed by atoms with van der Waals surface area (Å²) in [5.41, 5.74) is -1.26. The van der Waals surface area contributed by atoms with Gasteiger partial charge in [-0.1, -0.05) is 29.8 Å². The third-order valence-electron chi connectivity index (χ3n) is 3.09. The van der Waals surface area contributed by atoms with Crippen LogP contribution in [0.3, 0.4) is 0 Å². The Hall–Kier alpha value is -2.61. The van der Waals surface area contributed by atoms with Crippen molar-refractivity contribution in [3.8, 4) is 0 Å². The molecule has 0 heterocycles.